The molecule has 0 atom stereocenters. The maximum Gasteiger partial charge on any atom is 0.246 e. The Morgan fingerprint density at radius 1 is 0.656 bits per heavy atom. The lowest BCUT2D eigenvalue weighted by Crippen LogP contribution is -2.49. The van der Waals surface area contributed by atoms with Crippen LogP contribution in [0, 0.1) is 0 Å². The lowest BCUT2D eigenvalue weighted by molar-refractivity contribution is -0.462. The minimum atomic E-state index is -2.08. The molecule has 0 bridgehead atoms. The van der Waals surface area contributed by atoms with Crippen LogP contribution >= 0.6 is 0 Å². The van der Waals surface area contributed by atoms with Crippen LogP contribution in [-0.4, -0.2) is 84.5 Å². The first kappa shape index (κ1) is 45.9. The highest BCUT2D eigenvalue weighted by molar-refractivity contribution is 6.98. The maximum atomic E-state index is 12.1. The molecule has 8 nitrogen and oxygen atoms in total. The molecule has 0 radical (unpaired) electrons. The summed E-state index contributed by atoms with van der Waals surface area (Å²) in [6.45, 7) is 20.0. The summed E-state index contributed by atoms with van der Waals surface area (Å²) >= 11 is 0. The van der Waals surface area contributed by atoms with Crippen LogP contribution in [0.3, 0.4) is 0 Å². The minimum Gasteiger partial charge on any atom is -0.378 e. The Balaban J connectivity index is 1.30. The number of hydrogen-bond acceptors (Lipinski definition) is 5. The van der Waals surface area contributed by atoms with Gasteiger partial charge in [0.25, 0.3) is 0 Å². The molecule has 5 aromatic carbocycles. The third-order valence-corrected chi connectivity index (χ3v) is 16.2. The maximum absolute atomic E-state index is 12.1. The van der Waals surface area contributed by atoms with Gasteiger partial charge in [0.2, 0.25) is 11.8 Å². The van der Waals surface area contributed by atoms with Crippen LogP contribution in [-0.2, 0) is 22.7 Å². The fraction of sp³-hybridized carbons (Fsp3) is 0.291. The van der Waals surface area contributed by atoms with E-state index in [9.17, 15) is 9.59 Å². The van der Waals surface area contributed by atoms with Gasteiger partial charge in [0.1, 0.15) is 22.2 Å². The summed E-state index contributed by atoms with van der Waals surface area (Å²) < 4.78 is 2.21. The molecule has 5 aromatic rings. The largest absolute Gasteiger partial charge is 0.378 e. The van der Waals surface area contributed by atoms with E-state index in [-0.39, 0.29) is 11.8 Å². The number of allylic oxidation sites excluding steroid dienone is 5. The molecule has 64 heavy (non-hydrogen) atoms. The molecule has 4 N–H and O–H groups in total. The van der Waals surface area contributed by atoms with Crippen LogP contribution in [0.5, 0.6) is 0 Å². The molecule has 0 spiro atoms. The van der Waals surface area contributed by atoms with Gasteiger partial charge in [-0.05, 0) is 147 Å². The van der Waals surface area contributed by atoms with E-state index in [0.29, 0.717) is 37.3 Å². The number of rotatable bonds is 17. The number of carbonyl (C=O) groups excluding carboxylic acids is 2. The minimum absolute atomic E-state index is 0.103. The van der Waals surface area contributed by atoms with Crippen molar-refractivity contribution in [2.45, 2.75) is 52.9 Å². The standard InChI is InChI=1S/C55H64N6O2Si/c1-36(2)54(62)58-28-14-26-56-34-49-43-18-11-12-19-44(43)50(35-57-27-15-29-59-55(63)37(3)4)48-31-39(20-23-45(48)49)38-16-13-17-40(30-38)53-46-24-21-41(60(5)6)32-51(46)64(9,10)52-33-42(61(7)8)22-25-47(52)53/h11-13,16-25,30-33,56-57H,1,3,14-15,26-29,34-35H2,2,4-10H3,(H-,58,59,62,63)/p+1. The van der Waals surface area contributed by atoms with Gasteiger partial charge in [-0.2, -0.15) is 0 Å². The van der Waals surface area contributed by atoms with Gasteiger partial charge in [-0.25, -0.2) is 4.58 Å². The van der Waals surface area contributed by atoms with E-state index in [1.165, 1.54) is 82.3 Å². The average Bonchev–Trinajstić information content (AvgIpc) is 3.28. The number of carbonyl (C=O) groups is 2. The monoisotopic (exact) mass is 869 g/mol. The normalized spacial score (nSPS) is 13.9. The number of anilines is 1. The number of nitrogens with zero attached hydrogens (tertiary/aromatic N) is 2. The van der Waals surface area contributed by atoms with Crippen LogP contribution < -0.4 is 31.4 Å². The molecule has 7 rings (SSSR count). The van der Waals surface area contributed by atoms with Crippen molar-refractivity contribution in [2.75, 3.05) is 59.3 Å². The van der Waals surface area contributed by atoms with Gasteiger partial charge < -0.3 is 26.2 Å². The zero-order valence-electron chi connectivity index (χ0n) is 39.1. The summed E-state index contributed by atoms with van der Waals surface area (Å²) in [6.07, 6.45) is 8.67. The number of nitrogens with one attached hydrogen (secondary N) is 4. The molecule has 0 saturated carbocycles. The molecule has 2 amide bonds. The molecule has 0 unspecified atom stereocenters. The second-order valence-corrected chi connectivity index (χ2v) is 22.6. The zero-order chi connectivity index (χ0) is 45.7. The van der Waals surface area contributed by atoms with Crippen molar-refractivity contribution in [2.24, 2.45) is 0 Å². The zero-order valence-corrected chi connectivity index (χ0v) is 40.1. The SMILES string of the molecule is C=C(C)C(=O)NCCCNCc1c2ccccc2c(CNCCCNC(=O)C(=C)C)c2cc(-c3cccc(C4=C5C=CC(=[N+](C)C)C=C5[Si](C)(C)c5cc(N(C)C)ccc54)c3)ccc12. The van der Waals surface area contributed by atoms with Crippen molar-refractivity contribution in [3.63, 3.8) is 0 Å². The van der Waals surface area contributed by atoms with E-state index in [2.05, 4.69) is 188 Å². The number of benzene rings is 5. The second kappa shape index (κ2) is 19.7. The quantitative estimate of drug-likeness (QED) is 0.0248. The van der Waals surface area contributed by atoms with Crippen LogP contribution in [0.25, 0.3) is 38.2 Å². The highest BCUT2D eigenvalue weighted by atomic mass is 28.3. The molecular formula is C55H65N6O2Si+. The van der Waals surface area contributed by atoms with E-state index in [1.54, 1.807) is 13.8 Å². The van der Waals surface area contributed by atoms with Gasteiger partial charge in [0.05, 0.1) is 0 Å². The smallest absolute Gasteiger partial charge is 0.246 e. The molecule has 0 aromatic heterocycles. The third-order valence-electron chi connectivity index (χ3n) is 12.7. The summed E-state index contributed by atoms with van der Waals surface area (Å²) in [6, 6.07) is 31.9. The molecule has 330 valence electrons. The Labute approximate surface area is 381 Å². The molecule has 1 aliphatic heterocycles. The summed E-state index contributed by atoms with van der Waals surface area (Å²) in [7, 11) is 6.42. The van der Waals surface area contributed by atoms with Gasteiger partial charge in [-0.3, -0.25) is 9.59 Å². The van der Waals surface area contributed by atoms with E-state index >= 15 is 0 Å². The van der Waals surface area contributed by atoms with E-state index in [1.807, 2.05) is 0 Å². The van der Waals surface area contributed by atoms with Crippen LogP contribution in [0.2, 0.25) is 13.1 Å². The van der Waals surface area contributed by atoms with Gasteiger partial charge in [-0.15, -0.1) is 0 Å². The molecule has 9 heteroatoms. The molecular weight excluding hydrogens is 805 g/mol. The topological polar surface area (TPSA) is 88.5 Å². The Morgan fingerprint density at radius 3 is 1.83 bits per heavy atom. The van der Waals surface area contributed by atoms with Crippen LogP contribution in [0.4, 0.5) is 5.69 Å². The second-order valence-electron chi connectivity index (χ2n) is 18.2. The molecule has 1 aliphatic carbocycles. The number of amides is 2. The summed E-state index contributed by atoms with van der Waals surface area (Å²) in [5.41, 5.74) is 13.5. The Morgan fingerprint density at radius 2 is 1.23 bits per heavy atom. The molecule has 2 aliphatic rings. The Kier molecular flexibility index (Phi) is 14.1. The number of fused-ring (bicyclic) bond motifs is 4. The van der Waals surface area contributed by atoms with Gasteiger partial charge in [0, 0.05) is 69.3 Å². The summed E-state index contributed by atoms with van der Waals surface area (Å²) in [5, 5.41) is 21.1. The highest BCUT2D eigenvalue weighted by Gasteiger charge is 2.40. The van der Waals surface area contributed by atoms with Crippen molar-refractivity contribution < 1.29 is 14.2 Å². The Bertz CT molecular complexity index is 2800. The van der Waals surface area contributed by atoms with Crippen LogP contribution in [0.15, 0.2) is 138 Å². The van der Waals surface area contributed by atoms with Crippen molar-refractivity contribution in [3.05, 3.63) is 160 Å². The average molecular weight is 870 g/mol. The Hall–Kier alpha value is -6.13. The first-order valence-electron chi connectivity index (χ1n) is 22.5. The summed E-state index contributed by atoms with van der Waals surface area (Å²) in [5.74, 6) is -0.207. The lowest BCUT2D eigenvalue weighted by atomic mass is 9.87. The van der Waals surface area contributed by atoms with E-state index in [0.717, 1.165) is 31.5 Å². The first-order valence-corrected chi connectivity index (χ1v) is 25.5. The fourth-order valence-corrected chi connectivity index (χ4v) is 12.1. The van der Waals surface area contributed by atoms with E-state index in [4.69, 9.17) is 0 Å². The molecule has 1 heterocycles. The van der Waals surface area contributed by atoms with Gasteiger partial charge >= 0.3 is 0 Å². The fourth-order valence-electron chi connectivity index (χ4n) is 9.02. The lowest BCUT2D eigenvalue weighted by Gasteiger charge is -2.38. The number of hydrogen-bond donors (Lipinski definition) is 4. The predicted molar refractivity (Wildman–Crippen MR) is 273 cm³/mol. The van der Waals surface area contributed by atoms with E-state index < -0.39 is 8.07 Å². The molecule has 0 saturated heterocycles. The summed E-state index contributed by atoms with van der Waals surface area (Å²) in [4.78, 5) is 26.4. The first-order chi connectivity index (χ1) is 30.7. The van der Waals surface area contributed by atoms with Crippen molar-refractivity contribution in [1.82, 2.24) is 21.3 Å². The highest BCUT2D eigenvalue weighted by Crippen LogP contribution is 2.43. The van der Waals surface area contributed by atoms with Gasteiger partial charge in [0.15, 0.2) is 5.71 Å². The van der Waals surface area contributed by atoms with Crippen molar-refractivity contribution in [3.8, 4) is 11.1 Å². The van der Waals surface area contributed by atoms with Crippen molar-refractivity contribution in [1.29, 1.82) is 0 Å². The van der Waals surface area contributed by atoms with Crippen molar-refractivity contribution >= 4 is 63.6 Å². The third kappa shape index (κ3) is 9.67. The van der Waals surface area contributed by atoms with Crippen LogP contribution in [0.1, 0.15) is 48.9 Å². The van der Waals surface area contributed by atoms with Gasteiger partial charge in [-0.1, -0.05) is 86.9 Å². The molecule has 0 fully saturated rings. The predicted octanol–water partition coefficient (Wildman–Crippen LogP) is 8.55.